The maximum absolute atomic E-state index is 12.9. The number of aryl methyl sites for hydroxylation is 2. The highest BCUT2D eigenvalue weighted by atomic mass is 19.1. The summed E-state index contributed by atoms with van der Waals surface area (Å²) >= 11 is 0. The molecule has 3 rings (SSSR count). The van der Waals surface area contributed by atoms with E-state index in [1.54, 1.807) is 18.3 Å². The summed E-state index contributed by atoms with van der Waals surface area (Å²) in [5.74, 6) is -0.000288. The molecule has 0 saturated heterocycles. The van der Waals surface area contributed by atoms with Crippen LogP contribution in [0.3, 0.4) is 0 Å². The summed E-state index contributed by atoms with van der Waals surface area (Å²) in [6, 6.07) is 15.0. The van der Waals surface area contributed by atoms with Gasteiger partial charge < -0.3 is 10.6 Å². The van der Waals surface area contributed by atoms with Gasteiger partial charge >= 0.3 is 0 Å². The number of nitrogens with zero attached hydrogens (tertiary/aromatic N) is 1. The third kappa shape index (κ3) is 4.20. The van der Waals surface area contributed by atoms with Gasteiger partial charge in [0.1, 0.15) is 11.6 Å². The normalized spacial score (nSPS) is 10.4. The van der Waals surface area contributed by atoms with E-state index in [-0.39, 0.29) is 11.7 Å². The molecule has 0 saturated carbocycles. The highest BCUT2D eigenvalue weighted by Crippen LogP contribution is 2.19. The Bertz CT molecular complexity index is 890. The van der Waals surface area contributed by atoms with E-state index < -0.39 is 0 Å². The second-order valence-corrected chi connectivity index (χ2v) is 5.82. The van der Waals surface area contributed by atoms with Crippen LogP contribution in [0.2, 0.25) is 0 Å². The lowest BCUT2D eigenvalue weighted by molar-refractivity contribution is 0.102. The number of pyridine rings is 1. The van der Waals surface area contributed by atoms with Gasteiger partial charge in [0.2, 0.25) is 0 Å². The monoisotopic (exact) mass is 335 g/mol. The molecule has 1 aromatic heterocycles. The number of carbonyl (C=O) groups excluding carboxylic acids is 1. The van der Waals surface area contributed by atoms with Crippen LogP contribution >= 0.6 is 0 Å². The van der Waals surface area contributed by atoms with Crippen LogP contribution in [-0.4, -0.2) is 10.9 Å². The molecule has 0 radical (unpaired) electrons. The molecule has 2 N–H and O–H groups in total. The molecule has 0 aliphatic carbocycles. The van der Waals surface area contributed by atoms with Crippen molar-refractivity contribution in [1.82, 2.24) is 4.98 Å². The van der Waals surface area contributed by atoms with E-state index >= 15 is 0 Å². The van der Waals surface area contributed by atoms with Crippen molar-refractivity contribution in [2.75, 3.05) is 10.6 Å². The molecule has 0 spiro atoms. The molecule has 2 aromatic carbocycles. The van der Waals surface area contributed by atoms with Gasteiger partial charge in [0.25, 0.3) is 5.91 Å². The van der Waals surface area contributed by atoms with Crippen LogP contribution in [0.4, 0.5) is 21.6 Å². The Morgan fingerprint density at radius 2 is 1.64 bits per heavy atom. The predicted molar refractivity (Wildman–Crippen MR) is 97.8 cm³/mol. The topological polar surface area (TPSA) is 54.0 Å². The van der Waals surface area contributed by atoms with Crippen molar-refractivity contribution in [1.29, 1.82) is 0 Å². The van der Waals surface area contributed by atoms with Gasteiger partial charge in [0.05, 0.1) is 11.9 Å². The largest absolute Gasteiger partial charge is 0.340 e. The number of nitrogens with one attached hydrogen (secondary N) is 2. The minimum absolute atomic E-state index is 0.309. The number of carbonyl (C=O) groups is 1. The third-order valence-corrected chi connectivity index (χ3v) is 3.91. The molecule has 0 aliphatic heterocycles. The average Bonchev–Trinajstić information content (AvgIpc) is 2.60. The Labute approximate surface area is 145 Å². The Morgan fingerprint density at radius 1 is 0.920 bits per heavy atom. The summed E-state index contributed by atoms with van der Waals surface area (Å²) < 4.78 is 12.9. The summed E-state index contributed by atoms with van der Waals surface area (Å²) in [6.45, 7) is 4.12. The quantitative estimate of drug-likeness (QED) is 0.718. The van der Waals surface area contributed by atoms with Crippen LogP contribution in [-0.2, 0) is 0 Å². The summed E-state index contributed by atoms with van der Waals surface area (Å²) in [5.41, 5.74) is 4.35. The van der Waals surface area contributed by atoms with Gasteiger partial charge in [-0.2, -0.15) is 0 Å². The van der Waals surface area contributed by atoms with Gasteiger partial charge in [-0.3, -0.25) is 4.79 Å². The van der Waals surface area contributed by atoms with Crippen molar-refractivity contribution < 1.29 is 9.18 Å². The molecule has 0 atom stereocenters. The fourth-order valence-corrected chi connectivity index (χ4v) is 2.31. The van der Waals surface area contributed by atoms with Gasteiger partial charge in [0, 0.05) is 11.3 Å². The first-order valence-electron chi connectivity index (χ1n) is 7.88. The first-order valence-corrected chi connectivity index (χ1v) is 7.88. The molecule has 0 unspecified atom stereocenters. The van der Waals surface area contributed by atoms with Crippen molar-refractivity contribution >= 4 is 23.1 Å². The molecule has 25 heavy (non-hydrogen) atoms. The molecule has 3 aromatic rings. The van der Waals surface area contributed by atoms with Crippen LogP contribution < -0.4 is 10.6 Å². The number of halogens is 1. The molecular weight excluding hydrogens is 317 g/mol. The molecule has 0 aliphatic rings. The molecule has 0 bridgehead atoms. The third-order valence-electron chi connectivity index (χ3n) is 3.91. The fourth-order valence-electron chi connectivity index (χ4n) is 2.31. The predicted octanol–water partition coefficient (Wildman–Crippen LogP) is 4.83. The van der Waals surface area contributed by atoms with Gasteiger partial charge in [-0.1, -0.05) is 6.07 Å². The number of benzene rings is 2. The molecule has 1 heterocycles. The van der Waals surface area contributed by atoms with Crippen LogP contribution in [0.25, 0.3) is 0 Å². The minimum atomic E-state index is -0.375. The van der Waals surface area contributed by atoms with E-state index in [2.05, 4.69) is 41.6 Å². The van der Waals surface area contributed by atoms with Crippen molar-refractivity contribution in [3.8, 4) is 0 Å². The summed E-state index contributed by atoms with van der Waals surface area (Å²) in [7, 11) is 0. The molecule has 4 nitrogen and oxygen atoms in total. The lowest BCUT2D eigenvalue weighted by Crippen LogP contribution is -2.12. The number of amides is 1. The highest BCUT2D eigenvalue weighted by molar-refractivity contribution is 6.04. The summed E-state index contributed by atoms with van der Waals surface area (Å²) in [5, 5.41) is 5.96. The van der Waals surface area contributed by atoms with Crippen molar-refractivity contribution in [3.63, 3.8) is 0 Å². The van der Waals surface area contributed by atoms with E-state index in [1.807, 2.05) is 6.07 Å². The molecule has 126 valence electrons. The summed E-state index contributed by atoms with van der Waals surface area (Å²) in [6.07, 6.45) is 1.57. The molecule has 5 heteroatoms. The van der Waals surface area contributed by atoms with Crippen LogP contribution in [0, 0.1) is 19.7 Å². The van der Waals surface area contributed by atoms with E-state index in [1.165, 1.54) is 35.4 Å². The van der Waals surface area contributed by atoms with Crippen molar-refractivity contribution in [3.05, 3.63) is 83.3 Å². The number of anilines is 3. The molecule has 1 amide bonds. The zero-order valence-corrected chi connectivity index (χ0v) is 14.0. The fraction of sp³-hybridized carbons (Fsp3) is 0.100. The number of aromatic nitrogens is 1. The lowest BCUT2D eigenvalue weighted by Gasteiger charge is -2.09. The van der Waals surface area contributed by atoms with Gasteiger partial charge in [-0.25, -0.2) is 9.37 Å². The lowest BCUT2D eigenvalue weighted by atomic mass is 10.1. The Morgan fingerprint density at radius 3 is 2.28 bits per heavy atom. The van der Waals surface area contributed by atoms with Crippen molar-refractivity contribution in [2.45, 2.75) is 13.8 Å². The van der Waals surface area contributed by atoms with E-state index in [0.717, 1.165) is 5.69 Å². The zero-order valence-electron chi connectivity index (χ0n) is 14.0. The molecule has 0 fully saturated rings. The first-order chi connectivity index (χ1) is 12.0. The minimum Gasteiger partial charge on any atom is -0.340 e. The smallest absolute Gasteiger partial charge is 0.255 e. The SMILES string of the molecule is Cc1ccc(Nc2ccc(NC(=O)c3ccc(F)cc3)cn2)cc1C. The Kier molecular flexibility index (Phi) is 4.75. The van der Waals surface area contributed by atoms with E-state index in [4.69, 9.17) is 0 Å². The first kappa shape index (κ1) is 16.6. The summed E-state index contributed by atoms with van der Waals surface area (Å²) in [4.78, 5) is 16.4. The maximum atomic E-state index is 12.9. The second-order valence-electron chi connectivity index (χ2n) is 5.82. The zero-order chi connectivity index (χ0) is 17.8. The second kappa shape index (κ2) is 7.13. The van der Waals surface area contributed by atoms with Gasteiger partial charge in [-0.15, -0.1) is 0 Å². The average molecular weight is 335 g/mol. The number of hydrogen-bond donors (Lipinski definition) is 2. The van der Waals surface area contributed by atoms with Gasteiger partial charge in [-0.05, 0) is 73.5 Å². The number of hydrogen-bond acceptors (Lipinski definition) is 3. The van der Waals surface area contributed by atoms with Crippen LogP contribution in [0.15, 0.2) is 60.8 Å². The highest BCUT2D eigenvalue weighted by Gasteiger charge is 2.06. The van der Waals surface area contributed by atoms with Gasteiger partial charge in [0.15, 0.2) is 0 Å². The standard InChI is InChI=1S/C20H18FN3O/c1-13-3-8-17(11-14(13)2)23-19-10-9-18(12-22-19)24-20(25)15-4-6-16(21)7-5-15/h3-12H,1-2H3,(H,22,23)(H,24,25). The maximum Gasteiger partial charge on any atom is 0.255 e. The van der Waals surface area contributed by atoms with E-state index in [9.17, 15) is 9.18 Å². The molecular formula is C20H18FN3O. The number of rotatable bonds is 4. The Balaban J connectivity index is 1.66. The van der Waals surface area contributed by atoms with Crippen molar-refractivity contribution in [2.24, 2.45) is 0 Å². The van der Waals surface area contributed by atoms with E-state index in [0.29, 0.717) is 17.1 Å². The van der Waals surface area contributed by atoms with Crippen LogP contribution in [0.5, 0.6) is 0 Å². The Hall–Kier alpha value is -3.21. The van der Waals surface area contributed by atoms with Crippen LogP contribution in [0.1, 0.15) is 21.5 Å².